The first kappa shape index (κ1) is 21.0. The van der Waals surface area contributed by atoms with E-state index in [1.54, 1.807) is 30.2 Å². The molecule has 0 N–H and O–H groups in total. The van der Waals surface area contributed by atoms with Gasteiger partial charge < -0.3 is 9.64 Å². The lowest BCUT2D eigenvalue weighted by Crippen LogP contribution is -2.49. The minimum Gasteiger partial charge on any atom is -0.497 e. The highest BCUT2D eigenvalue weighted by Gasteiger charge is 2.26. The number of carbonyl (C=O) groups excluding carboxylic acids is 1. The van der Waals surface area contributed by atoms with Crippen LogP contribution in [0.5, 0.6) is 5.75 Å². The van der Waals surface area contributed by atoms with Crippen molar-refractivity contribution in [3.63, 3.8) is 0 Å². The van der Waals surface area contributed by atoms with Crippen LogP contribution in [0.3, 0.4) is 0 Å². The van der Waals surface area contributed by atoms with Gasteiger partial charge in [-0.25, -0.2) is 0 Å². The van der Waals surface area contributed by atoms with Crippen molar-refractivity contribution in [1.29, 1.82) is 5.26 Å². The highest BCUT2D eigenvalue weighted by Crippen LogP contribution is 2.24. The van der Waals surface area contributed by atoms with Gasteiger partial charge in [0, 0.05) is 44.4 Å². The van der Waals surface area contributed by atoms with Gasteiger partial charge in [0.2, 0.25) is 5.91 Å². The molecular formula is C22H22N4O4. The summed E-state index contributed by atoms with van der Waals surface area (Å²) in [5.41, 5.74) is 1.48. The first-order valence-electron chi connectivity index (χ1n) is 9.51. The van der Waals surface area contributed by atoms with E-state index in [4.69, 9.17) is 4.74 Å². The largest absolute Gasteiger partial charge is 0.497 e. The van der Waals surface area contributed by atoms with Gasteiger partial charge in [-0.3, -0.25) is 19.8 Å². The molecule has 1 saturated heterocycles. The molecule has 1 unspecified atom stereocenters. The summed E-state index contributed by atoms with van der Waals surface area (Å²) in [5.74, 6) is 0.584. The van der Waals surface area contributed by atoms with Crippen molar-refractivity contribution in [3.8, 4) is 11.8 Å². The minimum absolute atomic E-state index is 0.0145. The van der Waals surface area contributed by atoms with Crippen molar-refractivity contribution in [1.82, 2.24) is 9.80 Å². The molecule has 0 radical (unpaired) electrons. The summed E-state index contributed by atoms with van der Waals surface area (Å²) in [7, 11) is 1.60. The van der Waals surface area contributed by atoms with Crippen LogP contribution in [-0.4, -0.2) is 53.9 Å². The van der Waals surface area contributed by atoms with Crippen molar-refractivity contribution in [3.05, 3.63) is 75.8 Å². The Hall–Kier alpha value is -3.70. The van der Waals surface area contributed by atoms with Gasteiger partial charge >= 0.3 is 0 Å². The first-order valence-corrected chi connectivity index (χ1v) is 9.51. The van der Waals surface area contributed by atoms with E-state index in [1.807, 2.05) is 24.3 Å². The molecule has 1 amide bonds. The number of carbonyl (C=O) groups is 1. The van der Waals surface area contributed by atoms with Crippen molar-refractivity contribution in [2.75, 3.05) is 33.3 Å². The van der Waals surface area contributed by atoms with E-state index in [2.05, 4.69) is 11.0 Å². The molecule has 154 valence electrons. The number of nitro benzene ring substituents is 1. The number of piperazine rings is 1. The van der Waals surface area contributed by atoms with E-state index in [-0.39, 0.29) is 17.6 Å². The summed E-state index contributed by atoms with van der Waals surface area (Å²) < 4.78 is 5.16. The third kappa shape index (κ3) is 5.01. The fourth-order valence-corrected chi connectivity index (χ4v) is 3.37. The quantitative estimate of drug-likeness (QED) is 0.415. The molecule has 0 spiro atoms. The number of hydrogen-bond donors (Lipinski definition) is 0. The molecule has 0 aromatic heterocycles. The number of nitro groups is 1. The van der Waals surface area contributed by atoms with E-state index < -0.39 is 4.92 Å². The number of ether oxygens (including phenoxy) is 1. The Bertz CT molecular complexity index is 973. The third-order valence-electron chi connectivity index (χ3n) is 5.04. The zero-order valence-electron chi connectivity index (χ0n) is 16.6. The number of amides is 1. The van der Waals surface area contributed by atoms with Gasteiger partial charge in [0.25, 0.3) is 5.69 Å². The summed E-state index contributed by atoms with van der Waals surface area (Å²) >= 11 is 0. The van der Waals surface area contributed by atoms with E-state index in [0.717, 1.165) is 11.3 Å². The van der Waals surface area contributed by atoms with Crippen LogP contribution in [0.15, 0.2) is 54.6 Å². The maximum absolute atomic E-state index is 12.5. The maximum Gasteiger partial charge on any atom is 0.270 e. The highest BCUT2D eigenvalue weighted by molar-refractivity contribution is 5.92. The van der Waals surface area contributed by atoms with Crippen molar-refractivity contribution < 1.29 is 14.5 Å². The molecule has 8 heteroatoms. The molecule has 8 nitrogen and oxygen atoms in total. The molecule has 0 saturated carbocycles. The number of hydrogen-bond acceptors (Lipinski definition) is 6. The summed E-state index contributed by atoms with van der Waals surface area (Å²) in [5, 5.41) is 20.5. The highest BCUT2D eigenvalue weighted by atomic mass is 16.6. The Labute approximate surface area is 174 Å². The average molecular weight is 406 g/mol. The van der Waals surface area contributed by atoms with Gasteiger partial charge in [-0.1, -0.05) is 24.3 Å². The lowest BCUT2D eigenvalue weighted by molar-refractivity contribution is -0.384. The number of benzene rings is 2. The summed E-state index contributed by atoms with van der Waals surface area (Å²) in [6, 6.07) is 15.5. The minimum atomic E-state index is -0.465. The lowest BCUT2D eigenvalue weighted by Gasteiger charge is -2.36. The summed E-state index contributed by atoms with van der Waals surface area (Å²) in [6.45, 7) is 2.18. The molecule has 2 aromatic carbocycles. The Morgan fingerprint density at radius 3 is 2.50 bits per heavy atom. The van der Waals surface area contributed by atoms with Gasteiger partial charge in [0.05, 0.1) is 18.1 Å². The van der Waals surface area contributed by atoms with Crippen molar-refractivity contribution >= 4 is 17.7 Å². The predicted molar refractivity (Wildman–Crippen MR) is 112 cm³/mol. The number of rotatable bonds is 6. The molecule has 1 aliphatic rings. The second-order valence-corrected chi connectivity index (χ2v) is 6.85. The predicted octanol–water partition coefficient (Wildman–Crippen LogP) is 3.03. The van der Waals surface area contributed by atoms with Crippen molar-refractivity contribution in [2.24, 2.45) is 0 Å². The van der Waals surface area contributed by atoms with Crippen LogP contribution in [0.25, 0.3) is 6.08 Å². The summed E-state index contributed by atoms with van der Waals surface area (Å²) in [4.78, 5) is 26.6. The zero-order valence-corrected chi connectivity index (χ0v) is 16.6. The smallest absolute Gasteiger partial charge is 0.270 e. The number of non-ortho nitro benzene ring substituents is 1. The second-order valence-electron chi connectivity index (χ2n) is 6.85. The molecule has 0 bridgehead atoms. The molecule has 0 aliphatic carbocycles. The average Bonchev–Trinajstić information content (AvgIpc) is 2.79. The van der Waals surface area contributed by atoms with Gasteiger partial charge in [0.1, 0.15) is 11.8 Å². The van der Waals surface area contributed by atoms with Gasteiger partial charge in [-0.2, -0.15) is 5.26 Å². The molecular weight excluding hydrogens is 384 g/mol. The van der Waals surface area contributed by atoms with Crippen LogP contribution in [0.2, 0.25) is 0 Å². The fraction of sp³-hybridized carbons (Fsp3) is 0.273. The molecule has 3 rings (SSSR count). The standard InChI is InChI=1S/C22H22N4O4/c1-30-20-8-6-18(7-9-20)21(16-23)24-11-13-25(14-12-24)22(27)10-5-17-3-2-4-19(15-17)26(28)29/h2-10,15,21H,11-14H2,1H3/b10-5+. The first-order chi connectivity index (χ1) is 14.5. The Balaban J connectivity index is 1.58. The zero-order chi connectivity index (χ0) is 21.5. The third-order valence-corrected chi connectivity index (χ3v) is 5.04. The Morgan fingerprint density at radius 1 is 1.20 bits per heavy atom. The second kappa shape index (κ2) is 9.67. The normalized spacial score (nSPS) is 15.5. The van der Waals surface area contributed by atoms with E-state index >= 15 is 0 Å². The molecule has 1 heterocycles. The van der Waals surface area contributed by atoms with Gasteiger partial charge in [0.15, 0.2) is 0 Å². The monoisotopic (exact) mass is 406 g/mol. The van der Waals surface area contributed by atoms with Crippen molar-refractivity contribution in [2.45, 2.75) is 6.04 Å². The Kier molecular flexibility index (Phi) is 6.78. The van der Waals surface area contributed by atoms with Crippen LogP contribution in [0.1, 0.15) is 17.2 Å². The number of methoxy groups -OCH3 is 1. The van der Waals surface area contributed by atoms with Crippen LogP contribution >= 0.6 is 0 Å². The van der Waals surface area contributed by atoms with E-state index in [9.17, 15) is 20.2 Å². The Morgan fingerprint density at radius 2 is 1.90 bits per heavy atom. The molecule has 1 fully saturated rings. The summed E-state index contributed by atoms with van der Waals surface area (Å²) in [6.07, 6.45) is 3.01. The number of nitrogens with zero attached hydrogens (tertiary/aromatic N) is 4. The molecule has 2 aromatic rings. The number of nitriles is 1. The topological polar surface area (TPSA) is 99.7 Å². The SMILES string of the molecule is COc1ccc(C(C#N)N2CCN(C(=O)/C=C/c3cccc([N+](=O)[O-])c3)CC2)cc1. The van der Waals surface area contributed by atoms with Gasteiger partial charge in [-0.15, -0.1) is 0 Å². The van der Waals surface area contributed by atoms with Crippen LogP contribution in [0.4, 0.5) is 5.69 Å². The van der Waals surface area contributed by atoms with Gasteiger partial charge in [-0.05, 0) is 29.3 Å². The molecule has 1 aliphatic heterocycles. The van der Waals surface area contributed by atoms with Crippen LogP contribution in [-0.2, 0) is 4.79 Å². The van der Waals surface area contributed by atoms with Crippen LogP contribution < -0.4 is 4.74 Å². The lowest BCUT2D eigenvalue weighted by atomic mass is 10.1. The van der Waals surface area contributed by atoms with E-state index in [0.29, 0.717) is 31.7 Å². The molecule has 30 heavy (non-hydrogen) atoms. The van der Waals surface area contributed by atoms with E-state index in [1.165, 1.54) is 18.2 Å². The maximum atomic E-state index is 12.5. The molecule has 1 atom stereocenters. The fourth-order valence-electron chi connectivity index (χ4n) is 3.37. The van der Waals surface area contributed by atoms with Crippen LogP contribution in [0, 0.1) is 21.4 Å².